The summed E-state index contributed by atoms with van der Waals surface area (Å²) in [6, 6.07) is 4.92. The molecule has 0 radical (unpaired) electrons. The standard InChI is InChI=1S/C15H20ClNO3/c1-9(13(18)15(2,3)4)14(19)17-11-8-10(16)6-7-12(11)20-5/h6-9H,1-5H3,(H,17,19). The maximum absolute atomic E-state index is 12.1. The maximum Gasteiger partial charge on any atom is 0.234 e. The second kappa shape index (κ2) is 6.27. The highest BCUT2D eigenvalue weighted by Gasteiger charge is 2.31. The molecule has 1 atom stereocenters. The molecule has 1 aromatic rings. The molecule has 5 heteroatoms. The molecule has 20 heavy (non-hydrogen) atoms. The van der Waals surface area contributed by atoms with E-state index < -0.39 is 11.3 Å². The molecule has 1 amide bonds. The fraction of sp³-hybridized carbons (Fsp3) is 0.467. The number of hydrogen-bond acceptors (Lipinski definition) is 3. The molecule has 1 N–H and O–H groups in total. The van der Waals surface area contributed by atoms with Crippen molar-refractivity contribution in [3.63, 3.8) is 0 Å². The van der Waals surface area contributed by atoms with Crippen molar-refractivity contribution in [1.82, 2.24) is 0 Å². The van der Waals surface area contributed by atoms with Crippen molar-refractivity contribution in [2.45, 2.75) is 27.7 Å². The molecule has 0 bridgehead atoms. The van der Waals surface area contributed by atoms with Gasteiger partial charge in [-0.15, -0.1) is 0 Å². The molecule has 0 aromatic heterocycles. The molecule has 0 saturated heterocycles. The lowest BCUT2D eigenvalue weighted by atomic mass is 9.83. The number of benzene rings is 1. The Balaban J connectivity index is 2.91. The smallest absolute Gasteiger partial charge is 0.234 e. The van der Waals surface area contributed by atoms with Crippen molar-refractivity contribution in [2.24, 2.45) is 11.3 Å². The van der Waals surface area contributed by atoms with Crippen LogP contribution in [0.3, 0.4) is 0 Å². The number of rotatable bonds is 4. The number of carbonyl (C=O) groups is 2. The SMILES string of the molecule is COc1ccc(Cl)cc1NC(=O)C(C)C(=O)C(C)(C)C. The normalized spacial score (nSPS) is 12.7. The van der Waals surface area contributed by atoms with Gasteiger partial charge >= 0.3 is 0 Å². The molecular formula is C15H20ClNO3. The summed E-state index contributed by atoms with van der Waals surface area (Å²) in [6.45, 7) is 6.97. The van der Waals surface area contributed by atoms with Crippen LogP contribution in [0.15, 0.2) is 18.2 Å². The van der Waals surface area contributed by atoms with Gasteiger partial charge in [0, 0.05) is 10.4 Å². The Labute approximate surface area is 124 Å². The summed E-state index contributed by atoms with van der Waals surface area (Å²) in [5.41, 5.74) is -0.103. The lowest BCUT2D eigenvalue weighted by Gasteiger charge is -2.21. The Kier molecular flexibility index (Phi) is 5.17. The zero-order chi connectivity index (χ0) is 15.5. The highest BCUT2D eigenvalue weighted by atomic mass is 35.5. The van der Waals surface area contributed by atoms with E-state index in [1.54, 1.807) is 45.9 Å². The van der Waals surface area contributed by atoms with E-state index in [4.69, 9.17) is 16.3 Å². The van der Waals surface area contributed by atoms with E-state index in [1.807, 2.05) is 0 Å². The van der Waals surface area contributed by atoms with Gasteiger partial charge in [-0.1, -0.05) is 32.4 Å². The van der Waals surface area contributed by atoms with E-state index in [-0.39, 0.29) is 11.7 Å². The van der Waals surface area contributed by atoms with Crippen molar-refractivity contribution in [3.8, 4) is 5.75 Å². The maximum atomic E-state index is 12.1. The molecule has 1 aromatic carbocycles. The third kappa shape index (κ3) is 3.97. The van der Waals surface area contributed by atoms with Gasteiger partial charge in [-0.2, -0.15) is 0 Å². The predicted molar refractivity (Wildman–Crippen MR) is 80.3 cm³/mol. The minimum atomic E-state index is -0.737. The van der Waals surface area contributed by atoms with Gasteiger partial charge in [0.05, 0.1) is 18.7 Å². The summed E-state index contributed by atoms with van der Waals surface area (Å²) in [7, 11) is 1.50. The van der Waals surface area contributed by atoms with Gasteiger partial charge in [0.1, 0.15) is 11.5 Å². The van der Waals surface area contributed by atoms with Crippen LogP contribution in [0.1, 0.15) is 27.7 Å². The number of halogens is 1. The van der Waals surface area contributed by atoms with Crippen LogP contribution < -0.4 is 10.1 Å². The summed E-state index contributed by atoms with van der Waals surface area (Å²) in [5.74, 6) is -0.724. The van der Waals surface area contributed by atoms with Crippen molar-refractivity contribution < 1.29 is 14.3 Å². The number of anilines is 1. The van der Waals surface area contributed by atoms with Gasteiger partial charge < -0.3 is 10.1 Å². The fourth-order valence-corrected chi connectivity index (χ4v) is 1.96. The minimum Gasteiger partial charge on any atom is -0.495 e. The molecule has 1 rings (SSSR count). The lowest BCUT2D eigenvalue weighted by molar-refractivity contribution is -0.135. The van der Waals surface area contributed by atoms with Crippen molar-refractivity contribution in [2.75, 3.05) is 12.4 Å². The van der Waals surface area contributed by atoms with Gasteiger partial charge in [-0.25, -0.2) is 0 Å². The van der Waals surface area contributed by atoms with E-state index >= 15 is 0 Å². The van der Waals surface area contributed by atoms with Crippen molar-refractivity contribution in [3.05, 3.63) is 23.2 Å². The van der Waals surface area contributed by atoms with E-state index in [2.05, 4.69) is 5.32 Å². The zero-order valence-corrected chi connectivity index (χ0v) is 13.2. The Hall–Kier alpha value is -1.55. The van der Waals surface area contributed by atoms with Crippen LogP contribution in [0.4, 0.5) is 5.69 Å². The van der Waals surface area contributed by atoms with E-state index in [0.717, 1.165) is 0 Å². The fourth-order valence-electron chi connectivity index (χ4n) is 1.79. The monoisotopic (exact) mass is 297 g/mol. The number of amides is 1. The Morgan fingerprint density at radius 3 is 2.40 bits per heavy atom. The highest BCUT2D eigenvalue weighted by Crippen LogP contribution is 2.29. The molecule has 110 valence electrons. The number of ether oxygens (including phenoxy) is 1. The molecule has 0 fully saturated rings. The van der Waals surface area contributed by atoms with E-state index in [0.29, 0.717) is 16.5 Å². The molecule has 0 spiro atoms. The van der Waals surface area contributed by atoms with Crippen LogP contribution in [0, 0.1) is 11.3 Å². The quantitative estimate of drug-likeness (QED) is 0.865. The summed E-state index contributed by atoms with van der Waals surface area (Å²) in [4.78, 5) is 24.2. The Morgan fingerprint density at radius 1 is 1.30 bits per heavy atom. The number of carbonyl (C=O) groups excluding carboxylic acids is 2. The van der Waals surface area contributed by atoms with E-state index in [1.165, 1.54) is 7.11 Å². The number of Topliss-reactive ketones (excluding diaryl/α,β-unsaturated/α-hetero) is 1. The highest BCUT2D eigenvalue weighted by molar-refractivity contribution is 6.31. The lowest BCUT2D eigenvalue weighted by Crippen LogP contribution is -2.34. The third-order valence-electron chi connectivity index (χ3n) is 2.95. The number of hydrogen-bond donors (Lipinski definition) is 1. The van der Waals surface area contributed by atoms with Gasteiger partial charge in [-0.05, 0) is 25.1 Å². The van der Waals surface area contributed by atoms with E-state index in [9.17, 15) is 9.59 Å². The molecular weight excluding hydrogens is 278 g/mol. The third-order valence-corrected chi connectivity index (χ3v) is 3.18. The van der Waals surface area contributed by atoms with Crippen molar-refractivity contribution in [1.29, 1.82) is 0 Å². The van der Waals surface area contributed by atoms with Crippen LogP contribution in [0.5, 0.6) is 5.75 Å². The topological polar surface area (TPSA) is 55.4 Å². The predicted octanol–water partition coefficient (Wildman–Crippen LogP) is 3.54. The summed E-state index contributed by atoms with van der Waals surface area (Å²) in [5, 5.41) is 3.17. The largest absolute Gasteiger partial charge is 0.495 e. The first-order valence-electron chi connectivity index (χ1n) is 6.35. The summed E-state index contributed by atoms with van der Waals surface area (Å²) >= 11 is 5.90. The minimum absolute atomic E-state index is 0.115. The molecule has 0 aliphatic heterocycles. The second-order valence-electron chi connectivity index (χ2n) is 5.67. The van der Waals surface area contributed by atoms with Gasteiger partial charge in [-0.3, -0.25) is 9.59 Å². The first-order valence-corrected chi connectivity index (χ1v) is 6.73. The van der Waals surface area contributed by atoms with Gasteiger partial charge in [0.15, 0.2) is 0 Å². The molecule has 0 aliphatic carbocycles. The number of nitrogens with one attached hydrogen (secondary N) is 1. The van der Waals surface area contributed by atoms with Gasteiger partial charge in [0.25, 0.3) is 0 Å². The average molecular weight is 298 g/mol. The van der Waals surface area contributed by atoms with Gasteiger partial charge in [0.2, 0.25) is 5.91 Å². The van der Waals surface area contributed by atoms with Crippen LogP contribution in [-0.4, -0.2) is 18.8 Å². The van der Waals surface area contributed by atoms with Crippen LogP contribution in [0.25, 0.3) is 0 Å². The molecule has 0 heterocycles. The zero-order valence-electron chi connectivity index (χ0n) is 12.4. The first kappa shape index (κ1) is 16.5. The average Bonchev–Trinajstić information content (AvgIpc) is 2.36. The van der Waals surface area contributed by atoms with Crippen molar-refractivity contribution >= 4 is 29.0 Å². The van der Waals surface area contributed by atoms with Crippen LogP contribution in [0.2, 0.25) is 5.02 Å². The first-order chi connectivity index (χ1) is 9.16. The Bertz CT molecular complexity index is 520. The van der Waals surface area contributed by atoms with Crippen LogP contribution in [-0.2, 0) is 9.59 Å². The molecule has 0 aliphatic rings. The second-order valence-corrected chi connectivity index (χ2v) is 6.11. The summed E-state index contributed by atoms with van der Waals surface area (Å²) in [6.07, 6.45) is 0. The molecule has 4 nitrogen and oxygen atoms in total. The number of ketones is 1. The summed E-state index contributed by atoms with van der Waals surface area (Å²) < 4.78 is 5.15. The molecule has 1 unspecified atom stereocenters. The molecule has 0 saturated carbocycles. The number of methoxy groups -OCH3 is 1. The Morgan fingerprint density at radius 2 is 1.90 bits per heavy atom. The van der Waals surface area contributed by atoms with Crippen LogP contribution >= 0.6 is 11.6 Å².